The summed E-state index contributed by atoms with van der Waals surface area (Å²) in [5, 5.41) is 26.3. The van der Waals surface area contributed by atoms with Gasteiger partial charge in [-0.05, 0) is 87.5 Å². The zero-order chi connectivity index (χ0) is 29.0. The van der Waals surface area contributed by atoms with Crippen molar-refractivity contribution < 1.29 is 29.3 Å². The molecule has 10 nitrogen and oxygen atoms in total. The predicted octanol–water partition coefficient (Wildman–Crippen LogP) is 3.24. The number of ether oxygens (including phenoxy) is 2. The number of esters is 1. The Balaban J connectivity index is 1.08. The van der Waals surface area contributed by atoms with Crippen LogP contribution < -0.4 is 15.4 Å². The second-order valence-electron chi connectivity index (χ2n) is 10.8. The topological polar surface area (TPSA) is 124 Å². The number of aliphatic hydroxyl groups is 1. The first kappa shape index (κ1) is 30.5. The summed E-state index contributed by atoms with van der Waals surface area (Å²) in [6, 6.07) is 15.3. The summed E-state index contributed by atoms with van der Waals surface area (Å²) in [4.78, 5) is 28.8. The lowest BCUT2D eigenvalue weighted by Gasteiger charge is -2.38. The minimum atomic E-state index is -0.624. The summed E-state index contributed by atoms with van der Waals surface area (Å²) in [5.41, 5.74) is 2.29. The lowest BCUT2D eigenvalue weighted by Crippen LogP contribution is -2.51. The number of benzene rings is 2. The average Bonchev–Trinajstić information content (AvgIpc) is 3.00. The van der Waals surface area contributed by atoms with Gasteiger partial charge in [0.1, 0.15) is 24.2 Å². The van der Waals surface area contributed by atoms with Crippen LogP contribution in [0.15, 0.2) is 48.5 Å². The summed E-state index contributed by atoms with van der Waals surface area (Å²) in [7, 11) is 0. The minimum absolute atomic E-state index is 0.0844. The number of phenols is 1. The van der Waals surface area contributed by atoms with Gasteiger partial charge in [-0.15, -0.1) is 0 Å². The molecule has 2 aromatic rings. The SMILES string of the molecule is CCOC(=O)C1CCN(C(=O)N2CCC(Nc3ccc(CCNC[C@H](O)COc4ccc(O)cc4)cc3)CC2)CC1. The largest absolute Gasteiger partial charge is 0.508 e. The molecule has 2 aromatic carbocycles. The first-order valence-electron chi connectivity index (χ1n) is 14.8. The monoisotopic (exact) mass is 568 g/mol. The molecule has 0 saturated carbocycles. The number of aliphatic hydroxyl groups excluding tert-OH is 1. The minimum Gasteiger partial charge on any atom is -0.508 e. The van der Waals surface area contributed by atoms with Gasteiger partial charge < -0.3 is 40.1 Å². The standard InChI is InChI=1S/C31H44N4O6/c1-2-40-30(38)24-12-17-34(18-13-24)31(39)35-19-14-26(15-20-35)33-25-5-3-23(4-6-25)11-16-32-21-28(37)22-41-29-9-7-27(36)8-10-29/h3-10,24,26,28,32-33,36-37H,2,11-22H2,1H3/t28-/m0/s1. The maximum atomic E-state index is 13.0. The molecule has 0 unspecified atom stereocenters. The van der Waals surface area contributed by atoms with Crippen molar-refractivity contribution >= 4 is 17.7 Å². The zero-order valence-corrected chi connectivity index (χ0v) is 24.0. The van der Waals surface area contributed by atoms with Crippen molar-refractivity contribution in [3.05, 3.63) is 54.1 Å². The highest BCUT2D eigenvalue weighted by molar-refractivity contribution is 5.76. The van der Waals surface area contributed by atoms with Crippen LogP contribution in [0.4, 0.5) is 10.5 Å². The Kier molecular flexibility index (Phi) is 11.5. The van der Waals surface area contributed by atoms with Gasteiger partial charge in [0, 0.05) is 44.5 Å². The van der Waals surface area contributed by atoms with Gasteiger partial charge in [0.15, 0.2) is 0 Å². The third-order valence-corrected chi connectivity index (χ3v) is 7.73. The fraction of sp³-hybridized carbons (Fsp3) is 0.548. The molecule has 10 heteroatoms. The Morgan fingerprint density at radius 1 is 0.951 bits per heavy atom. The van der Waals surface area contributed by atoms with Gasteiger partial charge in [0.05, 0.1) is 12.5 Å². The van der Waals surface area contributed by atoms with Crippen LogP contribution in [0.2, 0.25) is 0 Å². The molecule has 0 spiro atoms. The van der Waals surface area contributed by atoms with E-state index in [-0.39, 0.29) is 30.3 Å². The first-order chi connectivity index (χ1) is 19.9. The molecule has 41 heavy (non-hydrogen) atoms. The number of nitrogens with zero attached hydrogens (tertiary/aromatic N) is 2. The van der Waals surface area contributed by atoms with Crippen molar-refractivity contribution in [3.63, 3.8) is 0 Å². The van der Waals surface area contributed by atoms with Gasteiger partial charge in [0.25, 0.3) is 0 Å². The number of nitrogens with one attached hydrogen (secondary N) is 2. The Bertz CT molecular complexity index is 1080. The van der Waals surface area contributed by atoms with Crippen molar-refractivity contribution in [1.29, 1.82) is 0 Å². The zero-order valence-electron chi connectivity index (χ0n) is 24.0. The summed E-state index contributed by atoms with van der Waals surface area (Å²) >= 11 is 0. The van der Waals surface area contributed by atoms with E-state index < -0.39 is 6.10 Å². The van der Waals surface area contributed by atoms with Crippen molar-refractivity contribution in [1.82, 2.24) is 15.1 Å². The Morgan fingerprint density at radius 3 is 2.22 bits per heavy atom. The van der Waals surface area contributed by atoms with Gasteiger partial charge in [-0.1, -0.05) is 12.1 Å². The van der Waals surface area contributed by atoms with E-state index in [4.69, 9.17) is 9.47 Å². The van der Waals surface area contributed by atoms with Crippen molar-refractivity contribution in [3.8, 4) is 11.5 Å². The van der Waals surface area contributed by atoms with Gasteiger partial charge in [-0.25, -0.2) is 4.79 Å². The lowest BCUT2D eigenvalue weighted by molar-refractivity contribution is -0.149. The van der Waals surface area contributed by atoms with Crippen molar-refractivity contribution in [2.75, 3.05) is 57.8 Å². The van der Waals surface area contributed by atoms with Gasteiger partial charge in [0.2, 0.25) is 0 Å². The van der Waals surface area contributed by atoms with E-state index in [0.717, 1.165) is 44.6 Å². The van der Waals surface area contributed by atoms with Gasteiger partial charge in [-0.2, -0.15) is 0 Å². The van der Waals surface area contributed by atoms with E-state index in [0.29, 0.717) is 50.9 Å². The highest BCUT2D eigenvalue weighted by Crippen LogP contribution is 2.23. The number of carbonyl (C=O) groups excluding carboxylic acids is 2. The smallest absolute Gasteiger partial charge is 0.320 e. The molecule has 1 atom stereocenters. The molecule has 2 aliphatic heterocycles. The number of amides is 2. The quantitative estimate of drug-likeness (QED) is 0.227. The molecule has 2 heterocycles. The predicted molar refractivity (Wildman–Crippen MR) is 157 cm³/mol. The van der Waals surface area contributed by atoms with E-state index in [2.05, 4.69) is 34.9 Å². The summed E-state index contributed by atoms with van der Waals surface area (Å²) in [6.45, 7) is 6.25. The molecule has 2 fully saturated rings. The molecule has 224 valence electrons. The number of hydrogen-bond donors (Lipinski definition) is 4. The van der Waals surface area contributed by atoms with Crippen LogP contribution in [-0.2, 0) is 16.0 Å². The van der Waals surface area contributed by atoms with E-state index in [1.165, 1.54) is 5.56 Å². The number of phenolic OH excluding ortho intramolecular Hbond substituents is 1. The highest BCUT2D eigenvalue weighted by atomic mass is 16.5. The van der Waals surface area contributed by atoms with E-state index in [1.54, 1.807) is 24.3 Å². The maximum absolute atomic E-state index is 13.0. The molecule has 0 radical (unpaired) electrons. The molecule has 4 N–H and O–H groups in total. The molecule has 0 aromatic heterocycles. The van der Waals surface area contributed by atoms with Gasteiger partial charge >= 0.3 is 12.0 Å². The number of anilines is 1. The Labute approximate surface area is 242 Å². The van der Waals surface area contributed by atoms with Crippen LogP contribution in [0.3, 0.4) is 0 Å². The molecule has 0 aliphatic carbocycles. The summed E-state index contributed by atoms with van der Waals surface area (Å²) < 4.78 is 10.7. The fourth-order valence-corrected chi connectivity index (χ4v) is 5.28. The molecular weight excluding hydrogens is 524 g/mol. The number of urea groups is 1. The van der Waals surface area contributed by atoms with E-state index in [1.807, 2.05) is 16.7 Å². The van der Waals surface area contributed by atoms with Crippen LogP contribution in [0.25, 0.3) is 0 Å². The van der Waals surface area contributed by atoms with Crippen LogP contribution in [0.1, 0.15) is 38.2 Å². The Hall–Kier alpha value is -3.50. The van der Waals surface area contributed by atoms with Crippen molar-refractivity contribution in [2.24, 2.45) is 5.92 Å². The van der Waals surface area contributed by atoms with Crippen LogP contribution in [-0.4, -0.2) is 96.6 Å². The third kappa shape index (κ3) is 9.54. The molecule has 2 saturated heterocycles. The third-order valence-electron chi connectivity index (χ3n) is 7.73. The number of likely N-dealkylation sites (tertiary alicyclic amines) is 2. The number of carbonyl (C=O) groups is 2. The molecule has 2 amide bonds. The second kappa shape index (κ2) is 15.5. The summed E-state index contributed by atoms with van der Waals surface area (Å²) in [5.74, 6) is 0.562. The molecule has 0 bridgehead atoms. The molecule has 2 aliphatic rings. The van der Waals surface area contributed by atoms with Crippen LogP contribution >= 0.6 is 0 Å². The number of rotatable bonds is 12. The van der Waals surface area contributed by atoms with Crippen LogP contribution in [0.5, 0.6) is 11.5 Å². The normalized spacial score (nSPS) is 17.2. The van der Waals surface area contributed by atoms with Crippen molar-refractivity contribution in [2.45, 2.75) is 51.2 Å². The Morgan fingerprint density at radius 2 is 1.59 bits per heavy atom. The number of hydrogen-bond acceptors (Lipinski definition) is 8. The van der Waals surface area contributed by atoms with Gasteiger partial charge in [-0.3, -0.25) is 4.79 Å². The average molecular weight is 569 g/mol. The lowest BCUT2D eigenvalue weighted by atomic mass is 9.97. The fourth-order valence-electron chi connectivity index (χ4n) is 5.28. The van der Waals surface area contributed by atoms with E-state index >= 15 is 0 Å². The first-order valence-corrected chi connectivity index (χ1v) is 14.8. The number of piperidine rings is 2. The molecule has 4 rings (SSSR count). The number of aromatic hydroxyl groups is 1. The van der Waals surface area contributed by atoms with E-state index in [9.17, 15) is 19.8 Å². The maximum Gasteiger partial charge on any atom is 0.320 e. The highest BCUT2D eigenvalue weighted by Gasteiger charge is 2.31. The molecular formula is C31H44N4O6. The summed E-state index contributed by atoms with van der Waals surface area (Å²) in [6.07, 6.45) is 3.37. The van der Waals surface area contributed by atoms with Crippen LogP contribution in [0, 0.1) is 5.92 Å². The second-order valence-corrected chi connectivity index (χ2v) is 10.8.